The van der Waals surface area contributed by atoms with Crippen LogP contribution in [-0.2, 0) is 0 Å². The van der Waals surface area contributed by atoms with Gasteiger partial charge in [-0.1, -0.05) is 6.92 Å². The zero-order valence-electron chi connectivity index (χ0n) is 11.5. The van der Waals surface area contributed by atoms with Crippen molar-refractivity contribution in [1.29, 1.82) is 0 Å². The van der Waals surface area contributed by atoms with E-state index in [1.165, 1.54) is 56.6 Å². The van der Waals surface area contributed by atoms with E-state index in [1.54, 1.807) is 0 Å². The Hall–Kier alpha value is 0.270. The first kappa shape index (κ1) is 13.7. The van der Waals surface area contributed by atoms with Gasteiger partial charge in [-0.2, -0.15) is 11.8 Å². The summed E-state index contributed by atoms with van der Waals surface area (Å²) in [6, 6.07) is 2.53. The molecule has 0 aromatic rings. The summed E-state index contributed by atoms with van der Waals surface area (Å²) in [4.78, 5) is 2.69. The summed E-state index contributed by atoms with van der Waals surface area (Å²) < 4.78 is 0. The van der Waals surface area contributed by atoms with Gasteiger partial charge in [-0.05, 0) is 57.9 Å². The predicted octanol–water partition coefficient (Wildman–Crippen LogP) is 2.73. The van der Waals surface area contributed by atoms with Crippen molar-refractivity contribution in [2.24, 2.45) is 0 Å². The molecule has 1 saturated heterocycles. The largest absolute Gasteiger partial charge is 0.314 e. The van der Waals surface area contributed by atoms with Gasteiger partial charge in [-0.15, -0.1) is 0 Å². The first-order valence-corrected chi connectivity index (χ1v) is 8.49. The molecule has 0 radical (unpaired) electrons. The number of hydrogen-bond donors (Lipinski definition) is 1. The molecule has 1 saturated carbocycles. The van der Waals surface area contributed by atoms with Crippen molar-refractivity contribution in [3.63, 3.8) is 0 Å². The summed E-state index contributed by atoms with van der Waals surface area (Å²) in [5, 5.41) is 3.68. The highest BCUT2D eigenvalue weighted by Crippen LogP contribution is 2.28. The van der Waals surface area contributed by atoms with E-state index in [0.29, 0.717) is 0 Å². The van der Waals surface area contributed by atoms with Crippen molar-refractivity contribution >= 4 is 11.8 Å². The van der Waals surface area contributed by atoms with Crippen LogP contribution in [0.2, 0.25) is 0 Å². The molecule has 0 amide bonds. The van der Waals surface area contributed by atoms with E-state index in [1.807, 2.05) is 0 Å². The second kappa shape index (κ2) is 7.01. The van der Waals surface area contributed by atoms with Crippen LogP contribution in [0.15, 0.2) is 0 Å². The maximum Gasteiger partial charge on any atom is 0.0194 e. The minimum absolute atomic E-state index is 0.803. The van der Waals surface area contributed by atoms with E-state index in [0.717, 1.165) is 18.1 Å². The second-order valence-corrected chi connectivity index (χ2v) is 6.79. The molecular weight excluding hydrogens is 228 g/mol. The Kier molecular flexibility index (Phi) is 5.64. The Morgan fingerprint density at radius 2 is 1.88 bits per heavy atom. The lowest BCUT2D eigenvalue weighted by Gasteiger charge is -2.38. The molecule has 1 aliphatic heterocycles. The zero-order chi connectivity index (χ0) is 12.1. The zero-order valence-corrected chi connectivity index (χ0v) is 12.3. The van der Waals surface area contributed by atoms with Crippen molar-refractivity contribution in [2.45, 2.75) is 63.6 Å². The third kappa shape index (κ3) is 3.87. The monoisotopic (exact) mass is 256 g/mol. The van der Waals surface area contributed by atoms with Crippen LogP contribution in [-0.4, -0.2) is 48.1 Å². The van der Waals surface area contributed by atoms with Crippen LogP contribution < -0.4 is 5.32 Å². The van der Waals surface area contributed by atoms with Gasteiger partial charge in [0, 0.05) is 23.9 Å². The molecule has 2 nitrogen and oxygen atoms in total. The van der Waals surface area contributed by atoms with Gasteiger partial charge in [-0.3, -0.25) is 4.90 Å². The normalized spacial score (nSPS) is 34.4. The Labute approximate surface area is 111 Å². The molecule has 2 fully saturated rings. The molecule has 0 bridgehead atoms. The van der Waals surface area contributed by atoms with E-state index in [9.17, 15) is 0 Å². The molecule has 100 valence electrons. The van der Waals surface area contributed by atoms with Gasteiger partial charge in [0.2, 0.25) is 0 Å². The molecule has 17 heavy (non-hydrogen) atoms. The number of nitrogens with one attached hydrogen (secondary N) is 1. The summed E-state index contributed by atoms with van der Waals surface area (Å²) in [6.07, 6.45) is 8.25. The van der Waals surface area contributed by atoms with Gasteiger partial charge in [0.25, 0.3) is 0 Å². The van der Waals surface area contributed by atoms with Crippen molar-refractivity contribution in [3.05, 3.63) is 0 Å². The summed E-state index contributed by atoms with van der Waals surface area (Å²) in [6.45, 7) is 3.45. The molecule has 1 aliphatic carbocycles. The fourth-order valence-electron chi connectivity index (χ4n) is 3.18. The van der Waals surface area contributed by atoms with E-state index >= 15 is 0 Å². The van der Waals surface area contributed by atoms with Gasteiger partial charge in [0.05, 0.1) is 0 Å². The van der Waals surface area contributed by atoms with Gasteiger partial charge >= 0.3 is 0 Å². The Morgan fingerprint density at radius 1 is 1.12 bits per heavy atom. The number of hydrogen-bond acceptors (Lipinski definition) is 3. The maximum absolute atomic E-state index is 3.68. The molecule has 2 rings (SSSR count). The van der Waals surface area contributed by atoms with Crippen LogP contribution in [0.3, 0.4) is 0 Å². The Morgan fingerprint density at radius 3 is 2.47 bits per heavy atom. The van der Waals surface area contributed by atoms with Crippen LogP contribution >= 0.6 is 11.8 Å². The SMILES string of the molecule is CCCNC1CCC(N(C)C2CCSC2)CC1. The molecule has 1 heterocycles. The molecule has 0 aromatic carbocycles. The molecule has 0 spiro atoms. The van der Waals surface area contributed by atoms with Crippen LogP contribution in [0.1, 0.15) is 45.4 Å². The van der Waals surface area contributed by atoms with Crippen molar-refractivity contribution < 1.29 is 0 Å². The van der Waals surface area contributed by atoms with Gasteiger partial charge < -0.3 is 5.32 Å². The van der Waals surface area contributed by atoms with E-state index in [-0.39, 0.29) is 0 Å². The molecule has 3 heteroatoms. The topological polar surface area (TPSA) is 15.3 Å². The Bertz CT molecular complexity index is 208. The van der Waals surface area contributed by atoms with Crippen LogP contribution in [0.5, 0.6) is 0 Å². The summed E-state index contributed by atoms with van der Waals surface area (Å²) in [7, 11) is 2.36. The van der Waals surface area contributed by atoms with Crippen LogP contribution in [0.25, 0.3) is 0 Å². The quantitative estimate of drug-likeness (QED) is 0.814. The van der Waals surface area contributed by atoms with Crippen LogP contribution in [0, 0.1) is 0 Å². The lowest BCUT2D eigenvalue weighted by Crippen LogP contribution is -2.45. The second-order valence-electron chi connectivity index (χ2n) is 5.64. The van der Waals surface area contributed by atoms with Crippen molar-refractivity contribution in [1.82, 2.24) is 10.2 Å². The minimum Gasteiger partial charge on any atom is -0.314 e. The van der Waals surface area contributed by atoms with Gasteiger partial charge in [-0.25, -0.2) is 0 Å². The maximum atomic E-state index is 3.68. The van der Waals surface area contributed by atoms with Crippen molar-refractivity contribution in [3.8, 4) is 0 Å². The van der Waals surface area contributed by atoms with E-state index in [4.69, 9.17) is 0 Å². The Balaban J connectivity index is 1.70. The molecule has 1 atom stereocenters. The average molecular weight is 256 g/mol. The smallest absolute Gasteiger partial charge is 0.0194 e. The summed E-state index contributed by atoms with van der Waals surface area (Å²) in [5.74, 6) is 2.74. The standard InChI is InChI=1S/C14H28N2S/c1-3-9-15-12-4-6-13(7-5-12)16(2)14-8-10-17-11-14/h12-15H,3-11H2,1-2H3. The third-order valence-corrected chi connectivity index (χ3v) is 5.58. The summed E-state index contributed by atoms with van der Waals surface area (Å²) >= 11 is 2.13. The third-order valence-electron chi connectivity index (χ3n) is 4.44. The first-order chi connectivity index (χ1) is 8.31. The highest BCUT2D eigenvalue weighted by molar-refractivity contribution is 7.99. The lowest BCUT2D eigenvalue weighted by molar-refractivity contribution is 0.137. The fourth-order valence-corrected chi connectivity index (χ4v) is 4.46. The minimum atomic E-state index is 0.803. The molecular formula is C14H28N2S. The van der Waals surface area contributed by atoms with E-state index in [2.05, 4.69) is 35.9 Å². The van der Waals surface area contributed by atoms with Crippen molar-refractivity contribution in [2.75, 3.05) is 25.1 Å². The molecule has 1 unspecified atom stereocenters. The number of nitrogens with zero attached hydrogens (tertiary/aromatic N) is 1. The first-order valence-electron chi connectivity index (χ1n) is 7.34. The highest BCUT2D eigenvalue weighted by atomic mass is 32.2. The predicted molar refractivity (Wildman–Crippen MR) is 77.8 cm³/mol. The fraction of sp³-hybridized carbons (Fsp3) is 1.00. The van der Waals surface area contributed by atoms with Gasteiger partial charge in [0.15, 0.2) is 0 Å². The van der Waals surface area contributed by atoms with Gasteiger partial charge in [0.1, 0.15) is 0 Å². The molecule has 0 aromatic heterocycles. The summed E-state index contributed by atoms with van der Waals surface area (Å²) in [5.41, 5.74) is 0. The van der Waals surface area contributed by atoms with E-state index < -0.39 is 0 Å². The highest BCUT2D eigenvalue weighted by Gasteiger charge is 2.29. The average Bonchev–Trinajstić information content (AvgIpc) is 2.90. The van der Waals surface area contributed by atoms with Crippen LogP contribution in [0.4, 0.5) is 0 Å². The number of rotatable bonds is 5. The lowest BCUT2D eigenvalue weighted by atomic mass is 9.89. The molecule has 1 N–H and O–H groups in total. The number of thioether (sulfide) groups is 1. The molecule has 2 aliphatic rings.